The second kappa shape index (κ2) is 1.47. The summed E-state index contributed by atoms with van der Waals surface area (Å²) >= 11 is 0. The van der Waals surface area contributed by atoms with E-state index in [4.69, 9.17) is 5.73 Å². The van der Waals surface area contributed by atoms with E-state index in [0.29, 0.717) is 11.5 Å². The van der Waals surface area contributed by atoms with Crippen molar-refractivity contribution in [3.05, 3.63) is 0 Å². The van der Waals surface area contributed by atoms with Crippen molar-refractivity contribution in [2.24, 2.45) is 17.1 Å². The zero-order chi connectivity index (χ0) is 6.36. The van der Waals surface area contributed by atoms with E-state index in [1.54, 1.807) is 0 Å². The summed E-state index contributed by atoms with van der Waals surface area (Å²) in [5.41, 5.74) is 6.19. The molecule has 1 heteroatoms. The van der Waals surface area contributed by atoms with Crippen LogP contribution in [0.2, 0.25) is 0 Å². The summed E-state index contributed by atoms with van der Waals surface area (Å²) in [6.07, 6.45) is 1.23. The number of hydrogen-bond acceptors (Lipinski definition) is 1. The van der Waals surface area contributed by atoms with Crippen LogP contribution in [0, 0.1) is 11.3 Å². The predicted molar refractivity (Wildman–Crippen MR) is 35.5 cm³/mol. The molecule has 0 bridgehead atoms. The average molecular weight is 113 g/mol. The lowest BCUT2D eigenvalue weighted by Crippen LogP contribution is -2.15. The molecular weight excluding hydrogens is 98.1 g/mol. The van der Waals surface area contributed by atoms with Gasteiger partial charge in [0.1, 0.15) is 0 Å². The zero-order valence-electron chi connectivity index (χ0n) is 5.94. The molecule has 0 heterocycles. The fourth-order valence-corrected chi connectivity index (χ4v) is 1.08. The van der Waals surface area contributed by atoms with Crippen molar-refractivity contribution in [3.8, 4) is 0 Å². The van der Waals surface area contributed by atoms with Gasteiger partial charge in [0.05, 0.1) is 0 Å². The van der Waals surface area contributed by atoms with Gasteiger partial charge in [-0.2, -0.15) is 0 Å². The second-order valence-corrected chi connectivity index (χ2v) is 3.47. The predicted octanol–water partition coefficient (Wildman–Crippen LogP) is 1.38. The summed E-state index contributed by atoms with van der Waals surface area (Å²) < 4.78 is 0. The van der Waals surface area contributed by atoms with Gasteiger partial charge >= 0.3 is 0 Å². The summed E-state index contributed by atoms with van der Waals surface area (Å²) in [6.45, 7) is 6.75. The quantitative estimate of drug-likeness (QED) is 0.546. The Labute approximate surface area is 51.3 Å². The van der Waals surface area contributed by atoms with Crippen LogP contribution in [-0.2, 0) is 0 Å². The summed E-state index contributed by atoms with van der Waals surface area (Å²) in [7, 11) is 0. The van der Waals surface area contributed by atoms with Gasteiger partial charge in [0.25, 0.3) is 0 Å². The van der Waals surface area contributed by atoms with Gasteiger partial charge in [-0.05, 0) is 17.8 Å². The third-order valence-corrected chi connectivity index (χ3v) is 2.67. The molecular formula is C7H15N. The molecule has 2 N–H and O–H groups in total. The highest BCUT2D eigenvalue weighted by Gasteiger charge is 2.49. The topological polar surface area (TPSA) is 26.0 Å². The fourth-order valence-electron chi connectivity index (χ4n) is 1.08. The Balaban J connectivity index is 2.47. The first-order chi connectivity index (χ1) is 3.57. The molecule has 0 saturated heterocycles. The molecule has 0 aromatic rings. The first kappa shape index (κ1) is 6.09. The van der Waals surface area contributed by atoms with Crippen molar-refractivity contribution < 1.29 is 0 Å². The summed E-state index contributed by atoms with van der Waals surface area (Å²) in [5, 5.41) is 0. The molecule has 1 fully saturated rings. The van der Waals surface area contributed by atoms with Gasteiger partial charge in [0.2, 0.25) is 0 Å². The highest BCUT2D eigenvalue weighted by atomic mass is 14.8. The van der Waals surface area contributed by atoms with E-state index in [0.717, 1.165) is 5.92 Å². The average Bonchev–Trinajstić information content (AvgIpc) is 2.17. The molecule has 0 aliphatic heterocycles. The Morgan fingerprint density at radius 2 is 2.00 bits per heavy atom. The van der Waals surface area contributed by atoms with E-state index in [-0.39, 0.29) is 0 Å². The largest absolute Gasteiger partial charge is 0.327 e. The maximum atomic E-state index is 5.70. The van der Waals surface area contributed by atoms with Crippen molar-refractivity contribution in [2.75, 3.05) is 0 Å². The van der Waals surface area contributed by atoms with Crippen LogP contribution in [0.4, 0.5) is 0 Å². The van der Waals surface area contributed by atoms with Gasteiger partial charge in [-0.1, -0.05) is 20.8 Å². The first-order valence-corrected chi connectivity index (χ1v) is 3.33. The van der Waals surface area contributed by atoms with E-state index in [9.17, 15) is 0 Å². The normalized spacial score (nSPS) is 45.4. The van der Waals surface area contributed by atoms with Crippen molar-refractivity contribution in [2.45, 2.75) is 33.2 Å². The van der Waals surface area contributed by atoms with Gasteiger partial charge in [-0.25, -0.2) is 0 Å². The molecule has 0 aromatic heterocycles. The molecule has 0 aromatic carbocycles. The van der Waals surface area contributed by atoms with Crippen molar-refractivity contribution in [3.63, 3.8) is 0 Å². The lowest BCUT2D eigenvalue weighted by molar-refractivity contribution is 0.382. The molecule has 0 unspecified atom stereocenters. The lowest BCUT2D eigenvalue weighted by Gasteiger charge is -2.12. The number of nitrogens with two attached hydrogens (primary N) is 1. The molecule has 2 atom stereocenters. The van der Waals surface area contributed by atoms with Gasteiger partial charge in [0, 0.05) is 6.04 Å². The van der Waals surface area contributed by atoms with Crippen LogP contribution < -0.4 is 5.73 Å². The molecule has 1 nitrogen and oxygen atoms in total. The van der Waals surface area contributed by atoms with Crippen LogP contribution >= 0.6 is 0 Å². The van der Waals surface area contributed by atoms with Crippen LogP contribution in [0.15, 0.2) is 0 Å². The third kappa shape index (κ3) is 0.655. The third-order valence-electron chi connectivity index (χ3n) is 2.67. The minimum atomic E-state index is 0.486. The summed E-state index contributed by atoms with van der Waals surface area (Å²) in [4.78, 5) is 0. The Morgan fingerprint density at radius 1 is 1.62 bits per heavy atom. The Hall–Kier alpha value is -0.0400. The molecule has 1 aliphatic carbocycles. The van der Waals surface area contributed by atoms with Crippen LogP contribution in [-0.4, -0.2) is 6.04 Å². The van der Waals surface area contributed by atoms with Gasteiger partial charge in [-0.15, -0.1) is 0 Å². The van der Waals surface area contributed by atoms with E-state index in [2.05, 4.69) is 20.8 Å². The zero-order valence-corrected chi connectivity index (χ0v) is 5.94. The highest BCUT2D eigenvalue weighted by molar-refractivity contribution is 5.04. The SMILES string of the molecule is CC(C)[C@]1(C)C[C@@H]1N. The maximum Gasteiger partial charge on any atom is 0.0102 e. The van der Waals surface area contributed by atoms with E-state index < -0.39 is 0 Å². The van der Waals surface area contributed by atoms with Gasteiger partial charge in [-0.3, -0.25) is 0 Å². The van der Waals surface area contributed by atoms with Crippen LogP contribution in [0.25, 0.3) is 0 Å². The number of hydrogen-bond donors (Lipinski definition) is 1. The minimum Gasteiger partial charge on any atom is -0.327 e. The molecule has 1 rings (SSSR count). The Kier molecular flexibility index (Phi) is 1.12. The van der Waals surface area contributed by atoms with Gasteiger partial charge < -0.3 is 5.73 Å². The molecule has 0 radical (unpaired) electrons. The van der Waals surface area contributed by atoms with Crippen molar-refractivity contribution in [1.29, 1.82) is 0 Å². The minimum absolute atomic E-state index is 0.486. The highest BCUT2D eigenvalue weighted by Crippen LogP contribution is 2.49. The first-order valence-electron chi connectivity index (χ1n) is 3.33. The van der Waals surface area contributed by atoms with Crippen molar-refractivity contribution in [1.82, 2.24) is 0 Å². The number of rotatable bonds is 1. The lowest BCUT2D eigenvalue weighted by atomic mass is 9.94. The molecule has 1 aliphatic rings. The standard InChI is InChI=1S/C7H15N/c1-5(2)7(3)4-6(7)8/h5-6H,4,8H2,1-3H3/t6-,7-/m0/s1. The fraction of sp³-hybridized carbons (Fsp3) is 1.00. The Morgan fingerprint density at radius 3 is 2.00 bits per heavy atom. The second-order valence-electron chi connectivity index (χ2n) is 3.47. The molecule has 0 spiro atoms. The van der Waals surface area contributed by atoms with Gasteiger partial charge in [0.15, 0.2) is 0 Å². The van der Waals surface area contributed by atoms with E-state index >= 15 is 0 Å². The van der Waals surface area contributed by atoms with E-state index in [1.165, 1.54) is 6.42 Å². The van der Waals surface area contributed by atoms with Crippen molar-refractivity contribution >= 4 is 0 Å². The van der Waals surface area contributed by atoms with E-state index in [1.807, 2.05) is 0 Å². The maximum absolute atomic E-state index is 5.70. The molecule has 8 heavy (non-hydrogen) atoms. The molecule has 48 valence electrons. The molecule has 1 saturated carbocycles. The molecule has 0 amide bonds. The summed E-state index contributed by atoms with van der Waals surface area (Å²) in [6, 6.07) is 0.488. The smallest absolute Gasteiger partial charge is 0.0102 e. The van der Waals surface area contributed by atoms with Crippen LogP contribution in [0.5, 0.6) is 0 Å². The summed E-state index contributed by atoms with van der Waals surface area (Å²) in [5.74, 6) is 0.762. The Bertz CT molecular complexity index is 98.6. The van der Waals surface area contributed by atoms with Crippen LogP contribution in [0.3, 0.4) is 0 Å². The van der Waals surface area contributed by atoms with Crippen LogP contribution in [0.1, 0.15) is 27.2 Å². The monoisotopic (exact) mass is 113 g/mol.